The van der Waals surface area contributed by atoms with E-state index in [1.807, 2.05) is 30.5 Å². The molecule has 0 aliphatic carbocycles. The van der Waals surface area contributed by atoms with Gasteiger partial charge in [0.2, 0.25) is 0 Å². The van der Waals surface area contributed by atoms with Crippen LogP contribution in [-0.2, 0) is 6.54 Å². The van der Waals surface area contributed by atoms with Crippen LogP contribution in [0.25, 0.3) is 10.9 Å². The van der Waals surface area contributed by atoms with Crippen LogP contribution in [0, 0.1) is 10.1 Å². The Balaban J connectivity index is 1.53. The molecule has 0 unspecified atom stereocenters. The van der Waals surface area contributed by atoms with Gasteiger partial charge in [0.25, 0.3) is 5.69 Å². The Bertz CT molecular complexity index is 924. The maximum Gasteiger partial charge on any atom is 0.278 e. The van der Waals surface area contributed by atoms with Crippen LogP contribution in [0.4, 0.5) is 11.4 Å². The van der Waals surface area contributed by atoms with Gasteiger partial charge < -0.3 is 4.90 Å². The van der Waals surface area contributed by atoms with Gasteiger partial charge in [-0.25, -0.2) is 0 Å². The number of nitro groups is 1. The predicted molar refractivity (Wildman–Crippen MR) is 100 cm³/mol. The first-order valence-corrected chi connectivity index (χ1v) is 8.62. The molecule has 3 heterocycles. The topological polar surface area (TPSA) is 75.4 Å². The van der Waals surface area contributed by atoms with Crippen LogP contribution in [0.5, 0.6) is 0 Å². The Kier molecular flexibility index (Phi) is 4.45. The van der Waals surface area contributed by atoms with Crippen LogP contribution < -0.4 is 4.90 Å². The summed E-state index contributed by atoms with van der Waals surface area (Å²) in [6, 6.07) is 12.9. The van der Waals surface area contributed by atoms with Gasteiger partial charge in [-0.3, -0.25) is 25.0 Å². The van der Waals surface area contributed by atoms with Crippen molar-refractivity contribution in [1.29, 1.82) is 0 Å². The van der Waals surface area contributed by atoms with Crippen molar-refractivity contribution in [3.05, 3.63) is 70.7 Å². The summed E-state index contributed by atoms with van der Waals surface area (Å²) in [5.74, 6) is 0. The minimum atomic E-state index is -0.349. The smallest absolute Gasteiger partial charge is 0.278 e. The molecule has 1 saturated heterocycles. The zero-order valence-corrected chi connectivity index (χ0v) is 14.3. The summed E-state index contributed by atoms with van der Waals surface area (Å²) in [6.45, 7) is 4.39. The fourth-order valence-electron chi connectivity index (χ4n) is 3.42. The summed E-state index contributed by atoms with van der Waals surface area (Å²) in [4.78, 5) is 24.4. The van der Waals surface area contributed by atoms with Crippen LogP contribution in [0.15, 0.2) is 54.9 Å². The normalized spacial score (nSPS) is 15.3. The van der Waals surface area contributed by atoms with Crippen LogP contribution in [0.3, 0.4) is 0 Å². The Morgan fingerprint density at radius 3 is 2.50 bits per heavy atom. The molecule has 0 saturated carbocycles. The highest BCUT2D eigenvalue weighted by Crippen LogP contribution is 2.32. The van der Waals surface area contributed by atoms with Gasteiger partial charge in [0.15, 0.2) is 0 Å². The molecule has 0 spiro atoms. The first-order valence-electron chi connectivity index (χ1n) is 8.62. The number of hydrogen-bond donors (Lipinski definition) is 0. The minimum absolute atomic E-state index is 0.102. The van der Waals surface area contributed by atoms with Gasteiger partial charge in [-0.05, 0) is 30.3 Å². The molecular formula is C19H19N5O2. The van der Waals surface area contributed by atoms with Crippen molar-refractivity contribution in [2.75, 3.05) is 31.1 Å². The molecule has 4 rings (SSSR count). The maximum atomic E-state index is 11.3. The summed E-state index contributed by atoms with van der Waals surface area (Å²) in [5, 5.41) is 11.9. The van der Waals surface area contributed by atoms with Crippen molar-refractivity contribution < 1.29 is 4.92 Å². The van der Waals surface area contributed by atoms with E-state index in [9.17, 15) is 10.1 Å². The van der Waals surface area contributed by atoms with E-state index in [0.717, 1.165) is 44.1 Å². The molecule has 1 aromatic carbocycles. The molecule has 7 heteroatoms. The fourth-order valence-corrected chi connectivity index (χ4v) is 3.42. The standard InChI is InChI=1S/C19H19N5O2/c25-24(26)17-6-7-18(19-16(17)5-3-9-21-19)23-12-10-22(11-13-23)14-15-4-1-2-8-20-15/h1-9H,10-14H2. The molecule has 0 atom stereocenters. The second kappa shape index (κ2) is 7.05. The van der Waals surface area contributed by atoms with E-state index in [1.54, 1.807) is 24.4 Å². The number of fused-ring (bicyclic) bond motifs is 1. The summed E-state index contributed by atoms with van der Waals surface area (Å²) in [7, 11) is 0. The lowest BCUT2D eigenvalue weighted by Crippen LogP contribution is -2.46. The average molecular weight is 349 g/mol. The minimum Gasteiger partial charge on any atom is -0.367 e. The van der Waals surface area contributed by atoms with Crippen molar-refractivity contribution >= 4 is 22.3 Å². The van der Waals surface area contributed by atoms with Crippen molar-refractivity contribution in [3.63, 3.8) is 0 Å². The molecule has 3 aromatic rings. The van der Waals surface area contributed by atoms with E-state index >= 15 is 0 Å². The fraction of sp³-hybridized carbons (Fsp3) is 0.263. The van der Waals surface area contributed by atoms with Crippen LogP contribution in [0.1, 0.15) is 5.69 Å². The Labute approximate surface area is 151 Å². The number of pyridine rings is 2. The molecule has 132 valence electrons. The van der Waals surface area contributed by atoms with Gasteiger partial charge >= 0.3 is 0 Å². The number of aromatic nitrogens is 2. The van der Waals surface area contributed by atoms with Crippen LogP contribution in [-0.4, -0.2) is 46.0 Å². The van der Waals surface area contributed by atoms with E-state index in [0.29, 0.717) is 10.9 Å². The summed E-state index contributed by atoms with van der Waals surface area (Å²) >= 11 is 0. The number of nitrogens with zero attached hydrogens (tertiary/aromatic N) is 5. The second-order valence-electron chi connectivity index (χ2n) is 6.34. The maximum absolute atomic E-state index is 11.3. The zero-order valence-electron chi connectivity index (χ0n) is 14.3. The molecule has 1 fully saturated rings. The van der Waals surface area contributed by atoms with Crippen molar-refractivity contribution in [3.8, 4) is 0 Å². The van der Waals surface area contributed by atoms with Gasteiger partial charge in [-0.1, -0.05) is 6.07 Å². The number of non-ortho nitro benzene ring substituents is 1. The van der Waals surface area contributed by atoms with E-state index in [2.05, 4.69) is 19.8 Å². The second-order valence-corrected chi connectivity index (χ2v) is 6.34. The number of nitro benzene ring substituents is 1. The first-order chi connectivity index (χ1) is 12.7. The molecule has 0 N–H and O–H groups in total. The van der Waals surface area contributed by atoms with E-state index in [-0.39, 0.29) is 10.6 Å². The third-order valence-electron chi connectivity index (χ3n) is 4.75. The third-order valence-corrected chi connectivity index (χ3v) is 4.75. The molecule has 0 amide bonds. The molecule has 26 heavy (non-hydrogen) atoms. The van der Waals surface area contributed by atoms with Crippen molar-refractivity contribution in [2.24, 2.45) is 0 Å². The van der Waals surface area contributed by atoms with Gasteiger partial charge in [-0.2, -0.15) is 0 Å². The van der Waals surface area contributed by atoms with Gasteiger partial charge in [0.1, 0.15) is 5.52 Å². The first kappa shape index (κ1) is 16.4. The molecule has 7 nitrogen and oxygen atoms in total. The average Bonchev–Trinajstić information content (AvgIpc) is 2.68. The highest BCUT2D eigenvalue weighted by Gasteiger charge is 2.22. The van der Waals surface area contributed by atoms with Gasteiger partial charge in [0.05, 0.1) is 21.7 Å². The lowest BCUT2D eigenvalue weighted by Gasteiger charge is -2.36. The Morgan fingerprint density at radius 2 is 1.77 bits per heavy atom. The monoisotopic (exact) mass is 349 g/mol. The van der Waals surface area contributed by atoms with Crippen LogP contribution in [0.2, 0.25) is 0 Å². The predicted octanol–water partition coefficient (Wildman–Crippen LogP) is 2.86. The van der Waals surface area contributed by atoms with Crippen molar-refractivity contribution in [2.45, 2.75) is 6.54 Å². The van der Waals surface area contributed by atoms with Crippen LogP contribution >= 0.6 is 0 Å². The van der Waals surface area contributed by atoms with E-state index in [1.165, 1.54) is 0 Å². The van der Waals surface area contributed by atoms with Gasteiger partial charge in [-0.15, -0.1) is 0 Å². The number of benzene rings is 1. The molecule has 1 aliphatic heterocycles. The SMILES string of the molecule is O=[N+]([O-])c1ccc(N2CCN(Cc3ccccn3)CC2)c2ncccc12. The largest absolute Gasteiger partial charge is 0.367 e. The quantitative estimate of drug-likeness (QED) is 0.532. The third kappa shape index (κ3) is 3.21. The van der Waals surface area contributed by atoms with E-state index < -0.39 is 0 Å². The summed E-state index contributed by atoms with van der Waals surface area (Å²) in [6.07, 6.45) is 3.51. The lowest BCUT2D eigenvalue weighted by molar-refractivity contribution is -0.383. The number of hydrogen-bond acceptors (Lipinski definition) is 6. The zero-order chi connectivity index (χ0) is 17.9. The molecule has 2 aromatic heterocycles. The highest BCUT2D eigenvalue weighted by molar-refractivity contribution is 5.97. The number of rotatable bonds is 4. The van der Waals surface area contributed by atoms with E-state index in [4.69, 9.17) is 0 Å². The molecule has 0 bridgehead atoms. The summed E-state index contributed by atoms with van der Waals surface area (Å²) < 4.78 is 0. The number of piperazine rings is 1. The Morgan fingerprint density at radius 1 is 0.962 bits per heavy atom. The lowest BCUT2D eigenvalue weighted by atomic mass is 10.1. The Hall–Kier alpha value is -3.06. The highest BCUT2D eigenvalue weighted by atomic mass is 16.6. The number of anilines is 1. The van der Waals surface area contributed by atoms with Gasteiger partial charge in [0, 0.05) is 51.2 Å². The van der Waals surface area contributed by atoms with Crippen molar-refractivity contribution in [1.82, 2.24) is 14.9 Å². The summed E-state index contributed by atoms with van der Waals surface area (Å²) in [5.41, 5.74) is 2.83. The molecule has 0 radical (unpaired) electrons. The molecular weight excluding hydrogens is 330 g/mol. The molecule has 1 aliphatic rings.